The van der Waals surface area contributed by atoms with Crippen molar-refractivity contribution in [1.82, 2.24) is 20.0 Å². The molecule has 3 heterocycles. The van der Waals surface area contributed by atoms with E-state index in [1.807, 2.05) is 0 Å². The molecule has 1 amide bonds. The normalized spacial score (nSPS) is 20.6. The Hall–Kier alpha value is -2.15. The van der Waals surface area contributed by atoms with Gasteiger partial charge in [-0.15, -0.1) is 0 Å². The van der Waals surface area contributed by atoms with Crippen molar-refractivity contribution in [3.8, 4) is 0 Å². The van der Waals surface area contributed by atoms with Crippen molar-refractivity contribution >= 4 is 11.7 Å². The number of aromatic amines is 1. The van der Waals surface area contributed by atoms with Crippen LogP contribution in [0.15, 0.2) is 10.6 Å². The summed E-state index contributed by atoms with van der Waals surface area (Å²) in [6.07, 6.45) is 7.42. The molecule has 0 spiro atoms. The SMILES string of the molecule is Cc1cc(NC(=O)CCN2CCC[C@H]2c2nc3c([nH]2)CCCC3)no1. The largest absolute Gasteiger partial charge is 0.360 e. The van der Waals surface area contributed by atoms with Gasteiger partial charge >= 0.3 is 0 Å². The van der Waals surface area contributed by atoms with Crippen LogP contribution in [-0.2, 0) is 17.6 Å². The third-order valence-corrected chi connectivity index (χ3v) is 5.17. The fraction of sp³-hybridized carbons (Fsp3) is 0.611. The number of carbonyl (C=O) groups is 1. The van der Waals surface area contributed by atoms with Gasteiger partial charge in [0.05, 0.1) is 11.7 Å². The molecule has 1 aliphatic heterocycles. The first kappa shape index (κ1) is 16.3. The lowest BCUT2D eigenvalue weighted by Gasteiger charge is -2.22. The molecule has 2 aliphatic rings. The number of likely N-dealkylation sites (tertiary alicyclic amines) is 1. The highest BCUT2D eigenvalue weighted by Gasteiger charge is 2.29. The smallest absolute Gasteiger partial charge is 0.226 e. The van der Waals surface area contributed by atoms with Gasteiger partial charge in [-0.3, -0.25) is 9.69 Å². The fourth-order valence-corrected chi connectivity index (χ4v) is 3.91. The summed E-state index contributed by atoms with van der Waals surface area (Å²) < 4.78 is 4.97. The zero-order valence-corrected chi connectivity index (χ0v) is 14.7. The summed E-state index contributed by atoms with van der Waals surface area (Å²) in [5.74, 6) is 2.24. The molecule has 1 atom stereocenters. The summed E-state index contributed by atoms with van der Waals surface area (Å²) in [4.78, 5) is 22.9. The first-order chi connectivity index (χ1) is 12.2. The summed E-state index contributed by atoms with van der Waals surface area (Å²) in [5.41, 5.74) is 2.58. The lowest BCUT2D eigenvalue weighted by atomic mass is 10.0. The van der Waals surface area contributed by atoms with Crippen LogP contribution in [0.5, 0.6) is 0 Å². The van der Waals surface area contributed by atoms with Gasteiger partial charge in [0.15, 0.2) is 5.82 Å². The van der Waals surface area contributed by atoms with E-state index >= 15 is 0 Å². The van der Waals surface area contributed by atoms with Gasteiger partial charge in [0.2, 0.25) is 5.91 Å². The second-order valence-electron chi connectivity index (χ2n) is 7.07. The third-order valence-electron chi connectivity index (χ3n) is 5.17. The molecule has 2 N–H and O–H groups in total. The number of H-pyrrole nitrogens is 1. The molecule has 1 saturated heterocycles. The number of aryl methyl sites for hydroxylation is 3. The Labute approximate surface area is 147 Å². The van der Waals surface area contributed by atoms with Gasteiger partial charge in [-0.1, -0.05) is 5.16 Å². The highest BCUT2D eigenvalue weighted by atomic mass is 16.5. The van der Waals surface area contributed by atoms with Gasteiger partial charge in [0.1, 0.15) is 11.6 Å². The Balaban J connectivity index is 1.35. The maximum absolute atomic E-state index is 12.1. The maximum atomic E-state index is 12.1. The molecule has 0 bridgehead atoms. The lowest BCUT2D eigenvalue weighted by molar-refractivity contribution is -0.116. The van der Waals surface area contributed by atoms with Crippen LogP contribution in [0.4, 0.5) is 5.82 Å². The Morgan fingerprint density at radius 3 is 3.08 bits per heavy atom. The van der Waals surface area contributed by atoms with Gasteiger partial charge in [-0.05, 0) is 52.0 Å². The van der Waals surface area contributed by atoms with E-state index in [1.165, 1.54) is 24.2 Å². The molecule has 0 saturated carbocycles. The van der Waals surface area contributed by atoms with Crippen LogP contribution in [0, 0.1) is 6.92 Å². The zero-order valence-electron chi connectivity index (χ0n) is 14.7. The average molecular weight is 343 g/mol. The Bertz CT molecular complexity index is 727. The number of amides is 1. The van der Waals surface area contributed by atoms with Crippen LogP contribution in [0.1, 0.15) is 61.1 Å². The van der Waals surface area contributed by atoms with Gasteiger partial charge < -0.3 is 14.8 Å². The number of imidazole rings is 1. The minimum Gasteiger partial charge on any atom is -0.360 e. The van der Waals surface area contributed by atoms with Crippen LogP contribution in [0.3, 0.4) is 0 Å². The van der Waals surface area contributed by atoms with Gasteiger partial charge in [-0.25, -0.2) is 4.98 Å². The molecule has 1 aliphatic carbocycles. The van der Waals surface area contributed by atoms with Crippen molar-refractivity contribution in [2.75, 3.05) is 18.4 Å². The predicted molar refractivity (Wildman–Crippen MR) is 93.3 cm³/mol. The van der Waals surface area contributed by atoms with Crippen molar-refractivity contribution in [3.05, 3.63) is 29.0 Å². The molecule has 7 nitrogen and oxygen atoms in total. The lowest BCUT2D eigenvalue weighted by Crippen LogP contribution is -2.28. The average Bonchev–Trinajstić information content (AvgIpc) is 3.31. The topological polar surface area (TPSA) is 87.0 Å². The fourth-order valence-electron chi connectivity index (χ4n) is 3.91. The molecule has 25 heavy (non-hydrogen) atoms. The monoisotopic (exact) mass is 343 g/mol. The molecule has 0 radical (unpaired) electrons. The van der Waals surface area contributed by atoms with Crippen LogP contribution < -0.4 is 5.32 Å². The van der Waals surface area contributed by atoms with E-state index in [-0.39, 0.29) is 5.91 Å². The van der Waals surface area contributed by atoms with Crippen LogP contribution in [0.25, 0.3) is 0 Å². The number of anilines is 1. The van der Waals surface area contributed by atoms with E-state index in [1.54, 1.807) is 13.0 Å². The molecule has 7 heteroatoms. The van der Waals surface area contributed by atoms with Crippen molar-refractivity contribution in [2.24, 2.45) is 0 Å². The van der Waals surface area contributed by atoms with E-state index in [4.69, 9.17) is 9.51 Å². The van der Waals surface area contributed by atoms with Gasteiger partial charge in [0.25, 0.3) is 0 Å². The molecule has 1 fully saturated rings. The van der Waals surface area contributed by atoms with Crippen molar-refractivity contribution < 1.29 is 9.32 Å². The summed E-state index contributed by atoms with van der Waals surface area (Å²) in [5, 5.41) is 6.59. The van der Waals surface area contributed by atoms with E-state index in [0.717, 1.165) is 44.6 Å². The highest BCUT2D eigenvalue weighted by Crippen LogP contribution is 2.32. The number of nitrogens with zero attached hydrogens (tertiary/aromatic N) is 3. The number of fused-ring (bicyclic) bond motifs is 1. The van der Waals surface area contributed by atoms with Crippen LogP contribution >= 0.6 is 0 Å². The number of carbonyl (C=O) groups excluding carboxylic acids is 1. The molecule has 4 rings (SSSR count). The molecule has 0 aromatic carbocycles. The van der Waals surface area contributed by atoms with Crippen molar-refractivity contribution in [2.45, 2.75) is 57.9 Å². The number of hydrogen-bond donors (Lipinski definition) is 2. The number of aromatic nitrogens is 3. The Morgan fingerprint density at radius 2 is 2.28 bits per heavy atom. The van der Waals surface area contributed by atoms with Crippen molar-refractivity contribution in [1.29, 1.82) is 0 Å². The number of nitrogens with one attached hydrogen (secondary N) is 2. The second-order valence-corrected chi connectivity index (χ2v) is 7.07. The Morgan fingerprint density at radius 1 is 1.40 bits per heavy atom. The summed E-state index contributed by atoms with van der Waals surface area (Å²) in [7, 11) is 0. The summed E-state index contributed by atoms with van der Waals surface area (Å²) >= 11 is 0. The minimum absolute atomic E-state index is 0.0299. The first-order valence-electron chi connectivity index (χ1n) is 9.24. The molecule has 2 aromatic heterocycles. The molecular weight excluding hydrogens is 318 g/mol. The van der Waals surface area contributed by atoms with Crippen molar-refractivity contribution in [3.63, 3.8) is 0 Å². The maximum Gasteiger partial charge on any atom is 0.226 e. The molecule has 134 valence electrons. The molecule has 2 aromatic rings. The van der Waals surface area contributed by atoms with Crippen LogP contribution in [0.2, 0.25) is 0 Å². The quantitative estimate of drug-likeness (QED) is 0.872. The van der Waals surface area contributed by atoms with E-state index in [0.29, 0.717) is 24.0 Å². The third kappa shape index (κ3) is 3.61. The highest BCUT2D eigenvalue weighted by molar-refractivity contribution is 5.89. The Kier molecular flexibility index (Phi) is 4.57. The van der Waals surface area contributed by atoms with E-state index < -0.39 is 0 Å². The van der Waals surface area contributed by atoms with E-state index in [9.17, 15) is 4.79 Å². The van der Waals surface area contributed by atoms with E-state index in [2.05, 4.69) is 20.4 Å². The number of hydrogen-bond acceptors (Lipinski definition) is 5. The zero-order chi connectivity index (χ0) is 17.2. The van der Waals surface area contributed by atoms with Gasteiger partial charge in [0, 0.05) is 24.7 Å². The molecular formula is C18H25N5O2. The van der Waals surface area contributed by atoms with Gasteiger partial charge in [-0.2, -0.15) is 0 Å². The van der Waals surface area contributed by atoms with Crippen LogP contribution in [-0.4, -0.2) is 39.0 Å². The first-order valence-corrected chi connectivity index (χ1v) is 9.24. The second kappa shape index (κ2) is 7.00. The summed E-state index contributed by atoms with van der Waals surface area (Å²) in [6.45, 7) is 3.56. The minimum atomic E-state index is -0.0299. The predicted octanol–water partition coefficient (Wildman–Crippen LogP) is 2.75. The molecule has 0 unspecified atom stereocenters. The summed E-state index contributed by atoms with van der Waals surface area (Å²) in [6, 6.07) is 2.04. The standard InChI is InChI=1S/C18H25N5O2/c1-12-11-16(22-25-12)21-17(24)8-10-23-9-4-7-15(23)18-19-13-5-2-3-6-14(13)20-18/h11,15H,2-10H2,1H3,(H,19,20)(H,21,22,24)/t15-/m0/s1. The number of rotatable bonds is 5.